The molecule has 2 atom stereocenters. The van der Waals surface area contributed by atoms with Crippen molar-refractivity contribution < 1.29 is 18.7 Å². The van der Waals surface area contributed by atoms with Crippen LogP contribution in [-0.4, -0.2) is 59.3 Å². The summed E-state index contributed by atoms with van der Waals surface area (Å²) in [5, 5.41) is 12.6. The minimum atomic E-state index is -1.17. The fourth-order valence-corrected chi connectivity index (χ4v) is 5.62. The van der Waals surface area contributed by atoms with Crippen molar-refractivity contribution in [2.24, 2.45) is 0 Å². The topological polar surface area (TPSA) is 117 Å². The highest BCUT2D eigenvalue weighted by Crippen LogP contribution is 2.28. The van der Waals surface area contributed by atoms with Crippen molar-refractivity contribution in [2.75, 3.05) is 23.8 Å². The average molecular weight is 527 g/mol. The lowest BCUT2D eigenvalue weighted by atomic mass is 9.91. The number of carbonyl (C=O) groups is 2. The number of hydrogen-bond donors (Lipinski definition) is 4. The molecule has 2 aromatic heterocycles. The van der Waals surface area contributed by atoms with E-state index in [1.54, 1.807) is 22.9 Å². The average Bonchev–Trinajstić information content (AvgIpc) is 3.34. The third kappa shape index (κ3) is 6.34. The largest absolute Gasteiger partial charge is 0.378 e. The summed E-state index contributed by atoms with van der Waals surface area (Å²) in [7, 11) is 0. The van der Waals surface area contributed by atoms with E-state index in [1.165, 1.54) is 13.1 Å². The van der Waals surface area contributed by atoms with Gasteiger partial charge in [0, 0.05) is 43.6 Å². The quantitative estimate of drug-likeness (QED) is 0.365. The summed E-state index contributed by atoms with van der Waals surface area (Å²) >= 11 is 1.55. The second-order valence-electron chi connectivity index (χ2n) is 9.63. The van der Waals surface area contributed by atoms with Crippen LogP contribution in [0.4, 0.5) is 21.6 Å². The van der Waals surface area contributed by atoms with E-state index in [9.17, 15) is 14.0 Å². The van der Waals surface area contributed by atoms with Crippen molar-refractivity contribution in [3.63, 3.8) is 0 Å². The van der Waals surface area contributed by atoms with Gasteiger partial charge in [0.2, 0.25) is 5.91 Å². The van der Waals surface area contributed by atoms with Gasteiger partial charge in [0.25, 0.3) is 5.91 Å². The molecule has 1 saturated heterocycles. The number of pyridine rings is 1. The Morgan fingerprint density at radius 3 is 2.59 bits per heavy atom. The van der Waals surface area contributed by atoms with Gasteiger partial charge < -0.3 is 26.0 Å². The van der Waals surface area contributed by atoms with Gasteiger partial charge in [-0.2, -0.15) is 0 Å². The van der Waals surface area contributed by atoms with Gasteiger partial charge >= 0.3 is 0 Å². The SMILES string of the molecule is CC(=O)N[C@H]1CC[C@H](NC(=O)c2cnc(Nc3ccc4ncsc4c3)cc2N[C@H]2CCOC[C@@H]2F)CC1. The van der Waals surface area contributed by atoms with Crippen LogP contribution in [-0.2, 0) is 9.53 Å². The van der Waals surface area contributed by atoms with E-state index < -0.39 is 12.2 Å². The van der Waals surface area contributed by atoms with Crippen LogP contribution in [0.5, 0.6) is 0 Å². The number of nitrogens with one attached hydrogen (secondary N) is 4. The molecule has 37 heavy (non-hydrogen) atoms. The first-order valence-electron chi connectivity index (χ1n) is 12.6. The number of aromatic nitrogens is 2. The number of hydrogen-bond acceptors (Lipinski definition) is 8. The lowest BCUT2D eigenvalue weighted by molar-refractivity contribution is -0.119. The number of rotatable bonds is 7. The molecule has 1 saturated carbocycles. The van der Waals surface area contributed by atoms with E-state index >= 15 is 0 Å². The number of anilines is 3. The van der Waals surface area contributed by atoms with Gasteiger partial charge in [-0.1, -0.05) is 0 Å². The molecule has 3 heterocycles. The second-order valence-corrected chi connectivity index (χ2v) is 10.5. The molecule has 1 aromatic carbocycles. The van der Waals surface area contributed by atoms with Crippen LogP contribution >= 0.6 is 11.3 Å². The summed E-state index contributed by atoms with van der Waals surface area (Å²) in [6, 6.07) is 7.30. The molecule has 2 aliphatic rings. The number of alkyl halides is 1. The monoisotopic (exact) mass is 526 g/mol. The van der Waals surface area contributed by atoms with Crippen molar-refractivity contribution in [1.82, 2.24) is 20.6 Å². The number of amides is 2. The fraction of sp³-hybridized carbons (Fsp3) is 0.462. The molecular formula is C26H31FN6O3S. The third-order valence-corrected chi connectivity index (χ3v) is 7.64. The number of fused-ring (bicyclic) bond motifs is 1. The molecule has 1 aliphatic heterocycles. The zero-order chi connectivity index (χ0) is 25.8. The van der Waals surface area contributed by atoms with Crippen molar-refractivity contribution in [1.29, 1.82) is 0 Å². The fourth-order valence-electron chi connectivity index (χ4n) is 4.90. The Kier molecular flexibility index (Phi) is 7.80. The molecule has 0 spiro atoms. The second kappa shape index (κ2) is 11.4. The molecule has 196 valence electrons. The molecule has 2 fully saturated rings. The molecule has 5 rings (SSSR count). The molecule has 3 aromatic rings. The summed E-state index contributed by atoms with van der Waals surface area (Å²) in [4.78, 5) is 33.4. The first-order chi connectivity index (χ1) is 17.9. The maximum absolute atomic E-state index is 14.6. The summed E-state index contributed by atoms with van der Waals surface area (Å²) in [5.74, 6) is 0.258. The van der Waals surface area contributed by atoms with E-state index in [2.05, 4.69) is 31.2 Å². The highest BCUT2D eigenvalue weighted by molar-refractivity contribution is 7.16. The molecule has 2 amide bonds. The van der Waals surface area contributed by atoms with Gasteiger partial charge in [-0.25, -0.2) is 14.4 Å². The number of benzene rings is 1. The Hall–Kier alpha value is -3.31. The minimum Gasteiger partial charge on any atom is -0.378 e. The van der Waals surface area contributed by atoms with Gasteiger partial charge in [0.15, 0.2) is 0 Å². The van der Waals surface area contributed by atoms with Crippen molar-refractivity contribution in [2.45, 2.75) is 63.3 Å². The predicted octanol–water partition coefficient (Wildman–Crippen LogP) is 4.15. The number of nitrogens with zero attached hydrogens (tertiary/aromatic N) is 2. The molecule has 0 bridgehead atoms. The van der Waals surface area contributed by atoms with Gasteiger partial charge in [-0.05, 0) is 50.3 Å². The molecule has 11 heteroatoms. The van der Waals surface area contributed by atoms with E-state index in [1.807, 2.05) is 18.2 Å². The predicted molar refractivity (Wildman–Crippen MR) is 142 cm³/mol. The van der Waals surface area contributed by atoms with Gasteiger partial charge in [-0.3, -0.25) is 9.59 Å². The van der Waals surface area contributed by atoms with Crippen LogP contribution < -0.4 is 21.3 Å². The van der Waals surface area contributed by atoms with E-state index in [4.69, 9.17) is 4.74 Å². The standard InChI is InChI=1S/C26H31FN6O3S/c1-15(34)30-16-2-4-17(5-3-16)32-26(35)19-12-28-25(11-23(19)33-21-8-9-36-13-20(21)27)31-18-6-7-22-24(10-18)37-14-29-22/h6-7,10-12,14,16-17,20-21H,2-5,8-9,13H2,1H3,(H,30,34)(H,32,35)(H2,28,31,33)/t16-,17-,20-,21-/m0/s1. The summed E-state index contributed by atoms with van der Waals surface area (Å²) in [6.07, 6.45) is 4.03. The van der Waals surface area contributed by atoms with Crippen LogP contribution in [0.3, 0.4) is 0 Å². The number of halogens is 1. The normalized spacial score (nSPS) is 23.8. The molecule has 0 unspecified atom stereocenters. The minimum absolute atomic E-state index is 0.00583. The Morgan fingerprint density at radius 1 is 1.05 bits per heavy atom. The number of carbonyl (C=O) groups excluding carboxylic acids is 2. The highest BCUT2D eigenvalue weighted by atomic mass is 32.1. The summed E-state index contributed by atoms with van der Waals surface area (Å²) in [5.41, 5.74) is 4.46. The Bertz CT molecular complexity index is 1260. The third-order valence-electron chi connectivity index (χ3n) is 6.85. The zero-order valence-corrected chi connectivity index (χ0v) is 21.4. The van der Waals surface area contributed by atoms with Crippen LogP contribution in [0.1, 0.15) is 49.4 Å². The lowest BCUT2D eigenvalue weighted by Crippen LogP contribution is -2.43. The van der Waals surface area contributed by atoms with Crippen LogP contribution in [0.2, 0.25) is 0 Å². The van der Waals surface area contributed by atoms with Crippen molar-refractivity contribution >= 4 is 50.6 Å². The Labute approximate surface area is 218 Å². The van der Waals surface area contributed by atoms with E-state index in [-0.39, 0.29) is 30.5 Å². The first-order valence-corrected chi connectivity index (χ1v) is 13.5. The van der Waals surface area contributed by atoms with Gasteiger partial charge in [0.05, 0.1) is 39.6 Å². The van der Waals surface area contributed by atoms with Crippen LogP contribution in [0, 0.1) is 0 Å². The molecular weight excluding hydrogens is 495 g/mol. The first kappa shape index (κ1) is 25.3. The summed E-state index contributed by atoms with van der Waals surface area (Å²) < 4.78 is 20.9. The Morgan fingerprint density at radius 2 is 1.84 bits per heavy atom. The van der Waals surface area contributed by atoms with Crippen LogP contribution in [0.25, 0.3) is 10.2 Å². The highest BCUT2D eigenvalue weighted by Gasteiger charge is 2.28. The molecule has 1 aliphatic carbocycles. The van der Waals surface area contributed by atoms with Gasteiger partial charge in [0.1, 0.15) is 12.0 Å². The van der Waals surface area contributed by atoms with E-state index in [0.717, 1.165) is 41.6 Å². The zero-order valence-electron chi connectivity index (χ0n) is 20.6. The summed E-state index contributed by atoms with van der Waals surface area (Å²) in [6.45, 7) is 2.01. The van der Waals surface area contributed by atoms with Gasteiger partial charge in [-0.15, -0.1) is 11.3 Å². The number of thiazole rings is 1. The van der Waals surface area contributed by atoms with Crippen LogP contribution in [0.15, 0.2) is 36.0 Å². The number of ether oxygens (including phenoxy) is 1. The van der Waals surface area contributed by atoms with Crippen molar-refractivity contribution in [3.8, 4) is 0 Å². The maximum Gasteiger partial charge on any atom is 0.255 e. The molecule has 0 radical (unpaired) electrons. The Balaban J connectivity index is 1.32. The maximum atomic E-state index is 14.6. The smallest absolute Gasteiger partial charge is 0.255 e. The lowest BCUT2D eigenvalue weighted by Gasteiger charge is -2.30. The van der Waals surface area contributed by atoms with Crippen molar-refractivity contribution in [3.05, 3.63) is 41.5 Å². The molecule has 9 nitrogen and oxygen atoms in total. The molecule has 4 N–H and O–H groups in total. The van der Waals surface area contributed by atoms with E-state index in [0.29, 0.717) is 30.1 Å².